The van der Waals surface area contributed by atoms with Crippen LogP contribution in [0.15, 0.2) is 22.7 Å². The second-order valence-electron chi connectivity index (χ2n) is 5.30. The van der Waals surface area contributed by atoms with Gasteiger partial charge in [0.2, 0.25) is 0 Å². The van der Waals surface area contributed by atoms with E-state index in [0.29, 0.717) is 6.04 Å². The Morgan fingerprint density at radius 1 is 1.35 bits per heavy atom. The summed E-state index contributed by atoms with van der Waals surface area (Å²) in [7, 11) is 0. The molecule has 94 valence electrons. The second-order valence-corrected chi connectivity index (χ2v) is 6.15. The summed E-state index contributed by atoms with van der Waals surface area (Å²) < 4.78 is 1.20. The standard InChI is InChI=1S/C15H22BrN/c1-11-9-13(7-8-15(11)16)10-17-12(2)14-5-3-4-6-14/h7-9,12,14,17H,3-6,10H2,1-2H3/t12-/m0/s1. The molecule has 17 heavy (non-hydrogen) atoms. The molecular formula is C15H22BrN. The number of hydrogen-bond donors (Lipinski definition) is 1. The van der Waals surface area contributed by atoms with E-state index in [0.717, 1.165) is 12.5 Å². The molecule has 1 aliphatic carbocycles. The molecule has 0 amide bonds. The first-order valence-electron chi connectivity index (χ1n) is 6.65. The van der Waals surface area contributed by atoms with Gasteiger partial charge in [0.1, 0.15) is 0 Å². The summed E-state index contributed by atoms with van der Waals surface area (Å²) in [6.07, 6.45) is 5.67. The smallest absolute Gasteiger partial charge is 0.0208 e. The van der Waals surface area contributed by atoms with Gasteiger partial charge >= 0.3 is 0 Å². The molecule has 0 spiro atoms. The normalized spacial score (nSPS) is 18.5. The lowest BCUT2D eigenvalue weighted by Crippen LogP contribution is -2.31. The van der Waals surface area contributed by atoms with Crippen molar-refractivity contribution in [2.24, 2.45) is 5.92 Å². The maximum Gasteiger partial charge on any atom is 0.0208 e. The van der Waals surface area contributed by atoms with Gasteiger partial charge in [-0.05, 0) is 49.8 Å². The molecule has 0 heterocycles. The summed E-state index contributed by atoms with van der Waals surface area (Å²) in [5.41, 5.74) is 2.70. The zero-order valence-corrected chi connectivity index (χ0v) is 12.4. The first-order valence-corrected chi connectivity index (χ1v) is 7.44. The van der Waals surface area contributed by atoms with E-state index in [4.69, 9.17) is 0 Å². The largest absolute Gasteiger partial charge is 0.310 e. The van der Waals surface area contributed by atoms with Gasteiger partial charge in [-0.1, -0.05) is 40.9 Å². The summed E-state index contributed by atoms with van der Waals surface area (Å²) in [6, 6.07) is 7.26. The summed E-state index contributed by atoms with van der Waals surface area (Å²) in [5, 5.41) is 3.67. The van der Waals surface area contributed by atoms with Gasteiger partial charge in [0.15, 0.2) is 0 Å². The highest BCUT2D eigenvalue weighted by molar-refractivity contribution is 9.10. The average molecular weight is 296 g/mol. The SMILES string of the molecule is Cc1cc(CN[C@@H](C)C2CCCC2)ccc1Br. The molecule has 0 radical (unpaired) electrons. The van der Waals surface area contributed by atoms with E-state index in [9.17, 15) is 0 Å². The molecule has 0 unspecified atom stereocenters. The van der Waals surface area contributed by atoms with Gasteiger partial charge in [-0.2, -0.15) is 0 Å². The van der Waals surface area contributed by atoms with Crippen molar-refractivity contribution in [3.05, 3.63) is 33.8 Å². The van der Waals surface area contributed by atoms with Gasteiger partial charge in [0, 0.05) is 17.1 Å². The maximum atomic E-state index is 3.67. The van der Waals surface area contributed by atoms with E-state index in [2.05, 4.69) is 53.3 Å². The third kappa shape index (κ3) is 3.56. The lowest BCUT2D eigenvalue weighted by molar-refractivity contribution is 0.380. The minimum Gasteiger partial charge on any atom is -0.310 e. The van der Waals surface area contributed by atoms with Crippen molar-refractivity contribution in [3.63, 3.8) is 0 Å². The highest BCUT2D eigenvalue weighted by Crippen LogP contribution is 2.27. The molecule has 0 saturated heterocycles. The van der Waals surface area contributed by atoms with Crippen molar-refractivity contribution in [2.45, 2.75) is 52.1 Å². The van der Waals surface area contributed by atoms with Crippen LogP contribution < -0.4 is 5.32 Å². The Kier molecular flexibility index (Phi) is 4.63. The Hall–Kier alpha value is -0.340. The molecule has 1 N–H and O–H groups in total. The molecule has 1 atom stereocenters. The van der Waals surface area contributed by atoms with E-state index in [-0.39, 0.29) is 0 Å². The molecule has 2 heteroatoms. The zero-order valence-electron chi connectivity index (χ0n) is 10.8. The van der Waals surface area contributed by atoms with Crippen LogP contribution >= 0.6 is 15.9 Å². The number of aryl methyl sites for hydroxylation is 1. The van der Waals surface area contributed by atoms with Crippen LogP contribution in [0, 0.1) is 12.8 Å². The second kappa shape index (κ2) is 6.01. The van der Waals surface area contributed by atoms with Crippen LogP contribution in [0.1, 0.15) is 43.7 Å². The number of hydrogen-bond acceptors (Lipinski definition) is 1. The lowest BCUT2D eigenvalue weighted by atomic mass is 9.99. The molecule has 0 bridgehead atoms. The van der Waals surface area contributed by atoms with Gasteiger partial charge in [0.25, 0.3) is 0 Å². The van der Waals surface area contributed by atoms with Gasteiger partial charge in [-0.15, -0.1) is 0 Å². The Balaban J connectivity index is 1.86. The molecule has 1 nitrogen and oxygen atoms in total. The number of halogens is 1. The molecule has 2 rings (SSSR count). The highest BCUT2D eigenvalue weighted by atomic mass is 79.9. The fourth-order valence-electron chi connectivity index (χ4n) is 2.72. The van der Waals surface area contributed by atoms with Crippen molar-refractivity contribution < 1.29 is 0 Å². The predicted molar refractivity (Wildman–Crippen MR) is 77.1 cm³/mol. The molecule has 1 fully saturated rings. The van der Waals surface area contributed by atoms with Crippen LogP contribution in [0.5, 0.6) is 0 Å². The quantitative estimate of drug-likeness (QED) is 0.867. The van der Waals surface area contributed by atoms with E-state index in [1.54, 1.807) is 0 Å². The first-order chi connectivity index (χ1) is 8.16. The molecule has 1 saturated carbocycles. The van der Waals surface area contributed by atoms with E-state index in [1.165, 1.54) is 41.3 Å². The zero-order chi connectivity index (χ0) is 12.3. The van der Waals surface area contributed by atoms with E-state index in [1.807, 2.05) is 0 Å². The third-order valence-electron chi connectivity index (χ3n) is 3.96. The van der Waals surface area contributed by atoms with Crippen LogP contribution in [0.25, 0.3) is 0 Å². The van der Waals surface area contributed by atoms with Crippen molar-refractivity contribution in [3.8, 4) is 0 Å². The van der Waals surface area contributed by atoms with Crippen LogP contribution in [0.3, 0.4) is 0 Å². The van der Waals surface area contributed by atoms with Gasteiger partial charge in [-0.3, -0.25) is 0 Å². The third-order valence-corrected chi connectivity index (χ3v) is 4.85. The van der Waals surface area contributed by atoms with Crippen molar-refractivity contribution in [2.75, 3.05) is 0 Å². The molecule has 1 aliphatic rings. The van der Waals surface area contributed by atoms with E-state index < -0.39 is 0 Å². The summed E-state index contributed by atoms with van der Waals surface area (Å²) in [6.45, 7) is 5.47. The summed E-state index contributed by atoms with van der Waals surface area (Å²) >= 11 is 3.54. The lowest BCUT2D eigenvalue weighted by Gasteiger charge is -2.20. The Labute approximate surface area is 113 Å². The van der Waals surface area contributed by atoms with E-state index >= 15 is 0 Å². The van der Waals surface area contributed by atoms with Crippen molar-refractivity contribution >= 4 is 15.9 Å². The number of benzene rings is 1. The van der Waals surface area contributed by atoms with Gasteiger partial charge < -0.3 is 5.32 Å². The minimum atomic E-state index is 0.654. The Morgan fingerprint density at radius 2 is 2.06 bits per heavy atom. The van der Waals surface area contributed by atoms with Crippen LogP contribution in [0.4, 0.5) is 0 Å². The van der Waals surface area contributed by atoms with Crippen molar-refractivity contribution in [1.82, 2.24) is 5.32 Å². The van der Waals surface area contributed by atoms with Crippen molar-refractivity contribution in [1.29, 1.82) is 0 Å². The molecule has 0 aliphatic heterocycles. The predicted octanol–water partition coefficient (Wildman–Crippen LogP) is 4.43. The summed E-state index contributed by atoms with van der Waals surface area (Å²) in [4.78, 5) is 0. The molecule has 1 aromatic carbocycles. The number of nitrogens with one attached hydrogen (secondary N) is 1. The molecule has 1 aromatic rings. The summed E-state index contributed by atoms with van der Waals surface area (Å²) in [5.74, 6) is 0.895. The first kappa shape index (κ1) is 13.1. The minimum absolute atomic E-state index is 0.654. The highest BCUT2D eigenvalue weighted by Gasteiger charge is 2.20. The van der Waals surface area contributed by atoms with Crippen LogP contribution in [-0.2, 0) is 6.54 Å². The average Bonchev–Trinajstić information content (AvgIpc) is 2.84. The van der Waals surface area contributed by atoms with Gasteiger partial charge in [0.05, 0.1) is 0 Å². The molecule has 0 aromatic heterocycles. The van der Waals surface area contributed by atoms with Crippen LogP contribution in [-0.4, -0.2) is 6.04 Å². The van der Waals surface area contributed by atoms with Crippen LogP contribution in [0.2, 0.25) is 0 Å². The maximum absolute atomic E-state index is 3.67. The topological polar surface area (TPSA) is 12.0 Å². The van der Waals surface area contributed by atoms with Gasteiger partial charge in [-0.25, -0.2) is 0 Å². The molecular weight excluding hydrogens is 274 g/mol. The fraction of sp³-hybridized carbons (Fsp3) is 0.600. The fourth-order valence-corrected chi connectivity index (χ4v) is 2.97. The monoisotopic (exact) mass is 295 g/mol. The Bertz CT molecular complexity index is 369. The Morgan fingerprint density at radius 3 is 2.71 bits per heavy atom. The number of rotatable bonds is 4.